The molecule has 0 aromatic carbocycles. The second-order valence-corrected chi connectivity index (χ2v) is 2.04. The van der Waals surface area contributed by atoms with Crippen LogP contribution in [-0.2, 0) is 0 Å². The van der Waals surface area contributed by atoms with Gasteiger partial charge in [-0.1, -0.05) is 19.2 Å². The van der Waals surface area contributed by atoms with Gasteiger partial charge in [0.25, 0.3) is 0 Å². The van der Waals surface area contributed by atoms with Crippen LogP contribution in [0.5, 0.6) is 0 Å². The van der Waals surface area contributed by atoms with Crippen LogP contribution >= 0.6 is 0 Å². The van der Waals surface area contributed by atoms with E-state index in [9.17, 15) is 0 Å². The van der Waals surface area contributed by atoms with Gasteiger partial charge in [-0.05, 0) is 25.5 Å². The molecule has 0 unspecified atom stereocenters. The largest absolute Gasteiger partial charge is 0.385 e. The molecule has 0 amide bonds. The smallest absolute Gasteiger partial charge is 0.0363 e. The predicted octanol–water partition coefficient (Wildman–Crippen LogP) is 3.04. The molecule has 1 nitrogen and oxygen atoms in total. The van der Waals surface area contributed by atoms with Gasteiger partial charge in [0.05, 0.1) is 0 Å². The Morgan fingerprint density at radius 2 is 1.75 bits per heavy atom. The number of nitrogens with one attached hydrogen (secondary N) is 1. The van der Waals surface area contributed by atoms with E-state index in [0.29, 0.717) is 0 Å². The highest BCUT2D eigenvalue weighted by Gasteiger charge is 1.90. The maximum atomic E-state index is 3.68. The summed E-state index contributed by atoms with van der Waals surface area (Å²) in [6.45, 7) is 18.3. The summed E-state index contributed by atoms with van der Waals surface area (Å²) >= 11 is 0. The number of likely N-dealkylation sites (N-methyl/N-ethyl adjacent to an activating group) is 1. The number of hydrogen-bond acceptors (Lipinski definition) is 1. The summed E-state index contributed by atoms with van der Waals surface area (Å²) in [5.41, 5.74) is 2.20. The molecule has 0 aliphatic rings. The minimum atomic E-state index is 0.923. The van der Waals surface area contributed by atoms with E-state index >= 15 is 0 Å². The lowest BCUT2D eigenvalue weighted by Gasteiger charge is -2.05. The first-order valence-corrected chi connectivity index (χ1v) is 3.95. The zero-order valence-corrected chi connectivity index (χ0v) is 8.19. The van der Waals surface area contributed by atoms with Crippen LogP contribution in [0.3, 0.4) is 0 Å². The van der Waals surface area contributed by atoms with Crippen LogP contribution in [0, 0.1) is 0 Å². The summed E-state index contributed by atoms with van der Waals surface area (Å²) in [6.07, 6.45) is 3.63. The molecule has 1 heteroatoms. The first kappa shape index (κ1) is 13.4. The average Bonchev–Trinajstić information content (AvgIpc) is 2.16. The molecule has 68 valence electrons. The van der Waals surface area contributed by atoms with Crippen molar-refractivity contribution in [3.05, 3.63) is 49.7 Å². The quantitative estimate of drug-likeness (QED) is 0.498. The third-order valence-electron chi connectivity index (χ3n) is 1.30. The van der Waals surface area contributed by atoms with Crippen molar-refractivity contribution in [3.8, 4) is 0 Å². The first-order valence-electron chi connectivity index (χ1n) is 3.95. The zero-order valence-electron chi connectivity index (χ0n) is 8.19. The molecule has 0 aliphatic carbocycles. The molecule has 0 aromatic heterocycles. The van der Waals surface area contributed by atoms with Crippen molar-refractivity contribution < 1.29 is 0 Å². The molecule has 0 spiro atoms. The number of hydrogen-bond donors (Lipinski definition) is 1. The molecule has 0 heterocycles. The van der Waals surface area contributed by atoms with E-state index in [4.69, 9.17) is 0 Å². The maximum Gasteiger partial charge on any atom is 0.0363 e. The van der Waals surface area contributed by atoms with Crippen molar-refractivity contribution in [2.75, 3.05) is 6.54 Å². The molecule has 0 aromatic rings. The lowest BCUT2D eigenvalue weighted by molar-refractivity contribution is 0.870. The summed E-state index contributed by atoms with van der Waals surface area (Å²) in [7, 11) is 0. The molecule has 12 heavy (non-hydrogen) atoms. The summed E-state index contributed by atoms with van der Waals surface area (Å²) < 4.78 is 0. The Balaban J connectivity index is 0. The molecule has 0 aliphatic heterocycles. The minimum absolute atomic E-state index is 0.923. The van der Waals surface area contributed by atoms with Gasteiger partial charge in [-0.2, -0.15) is 0 Å². The predicted molar refractivity (Wildman–Crippen MR) is 58.0 cm³/mol. The van der Waals surface area contributed by atoms with Crippen LogP contribution in [0.15, 0.2) is 49.7 Å². The topological polar surface area (TPSA) is 12.0 Å². The molecule has 0 fully saturated rings. The second kappa shape index (κ2) is 9.76. The maximum absolute atomic E-state index is 3.68. The Morgan fingerprint density at radius 3 is 2.00 bits per heavy atom. The summed E-state index contributed by atoms with van der Waals surface area (Å²) in [5, 5.41) is 3.17. The molecule has 0 saturated carbocycles. The van der Waals surface area contributed by atoms with Gasteiger partial charge in [0.1, 0.15) is 0 Å². The third kappa shape index (κ3) is 5.54. The molecule has 0 atom stereocenters. The fraction of sp³-hybridized carbons (Fsp3) is 0.273. The molecule has 0 radical (unpaired) electrons. The van der Waals surface area contributed by atoms with Crippen molar-refractivity contribution in [1.82, 2.24) is 5.32 Å². The van der Waals surface area contributed by atoms with Crippen LogP contribution in [0.1, 0.15) is 13.8 Å². The van der Waals surface area contributed by atoms with Crippen molar-refractivity contribution in [1.29, 1.82) is 0 Å². The number of rotatable bonds is 4. The van der Waals surface area contributed by atoms with Gasteiger partial charge in [0.15, 0.2) is 0 Å². The molecular formula is C11H19N. The zero-order chi connectivity index (χ0) is 9.98. The van der Waals surface area contributed by atoms with Gasteiger partial charge in [-0.25, -0.2) is 0 Å². The molecule has 1 N–H and O–H groups in total. The van der Waals surface area contributed by atoms with Crippen LogP contribution in [0.2, 0.25) is 0 Å². The van der Waals surface area contributed by atoms with Gasteiger partial charge in [-0.3, -0.25) is 0 Å². The Morgan fingerprint density at radius 1 is 1.25 bits per heavy atom. The van der Waals surface area contributed by atoms with Gasteiger partial charge in [-0.15, -0.1) is 13.2 Å². The van der Waals surface area contributed by atoms with E-state index in [1.807, 2.05) is 13.0 Å². The number of allylic oxidation sites excluding steroid dienone is 3. The van der Waals surface area contributed by atoms with Crippen LogP contribution in [0.25, 0.3) is 0 Å². The highest BCUT2D eigenvalue weighted by molar-refractivity contribution is 5.27. The van der Waals surface area contributed by atoms with E-state index < -0.39 is 0 Å². The third-order valence-corrected chi connectivity index (χ3v) is 1.30. The summed E-state index contributed by atoms with van der Waals surface area (Å²) in [4.78, 5) is 0. The lowest BCUT2D eigenvalue weighted by atomic mass is 10.2. The SMILES string of the molecule is C=C.C=C/C(C)=C(/C=C)NCC. The summed E-state index contributed by atoms with van der Waals surface area (Å²) in [5.74, 6) is 0. The van der Waals surface area contributed by atoms with Crippen molar-refractivity contribution >= 4 is 0 Å². The van der Waals surface area contributed by atoms with Crippen molar-refractivity contribution in [2.45, 2.75) is 13.8 Å². The molecule has 0 saturated heterocycles. The lowest BCUT2D eigenvalue weighted by Crippen LogP contribution is -2.11. The van der Waals surface area contributed by atoms with E-state index in [2.05, 4.69) is 38.6 Å². The van der Waals surface area contributed by atoms with E-state index in [1.54, 1.807) is 6.08 Å². The Labute approximate surface area is 76.2 Å². The van der Waals surface area contributed by atoms with Gasteiger partial charge in [0.2, 0.25) is 0 Å². The van der Waals surface area contributed by atoms with Crippen molar-refractivity contribution in [2.24, 2.45) is 0 Å². The normalized spacial score (nSPS) is 10.2. The Kier molecular flexibility index (Phi) is 10.9. The Hall–Kier alpha value is -1.24. The first-order chi connectivity index (χ1) is 5.76. The highest BCUT2D eigenvalue weighted by Crippen LogP contribution is 2.01. The highest BCUT2D eigenvalue weighted by atomic mass is 14.9. The van der Waals surface area contributed by atoms with E-state index in [-0.39, 0.29) is 0 Å². The molecule has 0 rings (SSSR count). The second-order valence-electron chi connectivity index (χ2n) is 2.04. The summed E-state index contributed by atoms with van der Waals surface area (Å²) in [6, 6.07) is 0. The fourth-order valence-electron chi connectivity index (χ4n) is 0.673. The standard InChI is InChI=1S/C9H15N.C2H4/c1-5-8(4)9(6-2)10-7-3;1-2/h5-6,10H,1-2,7H2,3-4H3;1-2H2/b9-8-;. The van der Waals surface area contributed by atoms with Crippen LogP contribution in [0.4, 0.5) is 0 Å². The molecule has 0 bridgehead atoms. The monoisotopic (exact) mass is 165 g/mol. The van der Waals surface area contributed by atoms with E-state index in [1.165, 1.54) is 0 Å². The van der Waals surface area contributed by atoms with Gasteiger partial charge in [0, 0.05) is 12.2 Å². The Bertz CT molecular complexity index is 166. The van der Waals surface area contributed by atoms with Crippen LogP contribution < -0.4 is 5.32 Å². The van der Waals surface area contributed by atoms with Crippen molar-refractivity contribution in [3.63, 3.8) is 0 Å². The van der Waals surface area contributed by atoms with Gasteiger partial charge < -0.3 is 5.32 Å². The van der Waals surface area contributed by atoms with Gasteiger partial charge >= 0.3 is 0 Å². The van der Waals surface area contributed by atoms with E-state index in [0.717, 1.165) is 17.8 Å². The minimum Gasteiger partial charge on any atom is -0.385 e. The fourth-order valence-corrected chi connectivity index (χ4v) is 0.673. The molecular weight excluding hydrogens is 146 g/mol. The average molecular weight is 165 g/mol. The van der Waals surface area contributed by atoms with Crippen LogP contribution in [-0.4, -0.2) is 6.54 Å².